The van der Waals surface area contributed by atoms with E-state index in [0.717, 1.165) is 59.4 Å². The van der Waals surface area contributed by atoms with E-state index < -0.39 is 0 Å². The Hall–Kier alpha value is -3.40. The summed E-state index contributed by atoms with van der Waals surface area (Å²) < 4.78 is 11.8. The van der Waals surface area contributed by atoms with Crippen molar-refractivity contribution in [3.05, 3.63) is 81.0 Å². The largest absolute Gasteiger partial charge is 0.507 e. The first kappa shape index (κ1) is 27.6. The van der Waals surface area contributed by atoms with Gasteiger partial charge in [-0.25, -0.2) is 0 Å². The lowest BCUT2D eigenvalue weighted by molar-refractivity contribution is 0.404. The minimum atomic E-state index is 0.195. The number of ether oxygens (including phenoxy) is 2. The van der Waals surface area contributed by atoms with Crippen LogP contribution in [0.5, 0.6) is 23.0 Å². The Labute approximate surface area is 228 Å². The maximum atomic E-state index is 11.8. The van der Waals surface area contributed by atoms with Gasteiger partial charge in [0.2, 0.25) is 0 Å². The highest BCUT2D eigenvalue weighted by Gasteiger charge is 2.25. The van der Waals surface area contributed by atoms with Crippen LogP contribution < -0.4 is 9.47 Å². The molecule has 0 heterocycles. The van der Waals surface area contributed by atoms with Crippen LogP contribution in [0.2, 0.25) is 0 Å². The molecule has 0 amide bonds. The predicted octanol–water partition coefficient (Wildman–Crippen LogP) is 8.32. The third-order valence-electron chi connectivity index (χ3n) is 7.97. The molecule has 0 aromatic heterocycles. The molecule has 38 heavy (non-hydrogen) atoms. The predicted molar refractivity (Wildman–Crippen MR) is 157 cm³/mol. The lowest BCUT2D eigenvalue weighted by Gasteiger charge is -2.23. The summed E-state index contributed by atoms with van der Waals surface area (Å²) in [7, 11) is 3.34. The summed E-state index contributed by atoms with van der Waals surface area (Å²) in [4.78, 5) is 0. The molecule has 0 saturated carbocycles. The van der Waals surface area contributed by atoms with Crippen LogP contribution in [0, 0.1) is 0 Å². The van der Waals surface area contributed by atoms with Gasteiger partial charge < -0.3 is 19.7 Å². The number of benzene rings is 2. The van der Waals surface area contributed by atoms with Crippen molar-refractivity contribution in [3.63, 3.8) is 0 Å². The average Bonchev–Trinajstić information content (AvgIpc) is 2.89. The van der Waals surface area contributed by atoms with Crippen molar-refractivity contribution in [1.82, 2.24) is 0 Å². The molecule has 4 rings (SSSR count). The van der Waals surface area contributed by atoms with Gasteiger partial charge >= 0.3 is 0 Å². The van der Waals surface area contributed by atoms with Gasteiger partial charge in [0, 0.05) is 33.4 Å². The molecular weight excluding hydrogens is 472 g/mol. The maximum Gasteiger partial charge on any atom is 0.127 e. The highest BCUT2D eigenvalue weighted by atomic mass is 16.5. The Morgan fingerprint density at radius 3 is 1.32 bits per heavy atom. The van der Waals surface area contributed by atoms with Crippen LogP contribution in [0.25, 0.3) is 11.1 Å². The van der Waals surface area contributed by atoms with Crippen LogP contribution >= 0.6 is 0 Å². The number of hydrogen-bond acceptors (Lipinski definition) is 4. The van der Waals surface area contributed by atoms with E-state index in [9.17, 15) is 10.2 Å². The lowest BCUT2D eigenvalue weighted by atomic mass is 9.86. The number of phenols is 2. The van der Waals surface area contributed by atoms with E-state index in [2.05, 4.69) is 52.0 Å². The van der Waals surface area contributed by atoms with Crippen molar-refractivity contribution in [2.24, 2.45) is 0 Å². The first-order valence-corrected chi connectivity index (χ1v) is 13.7. The molecule has 0 bridgehead atoms. The highest BCUT2D eigenvalue weighted by Crippen LogP contribution is 2.48. The first-order valence-electron chi connectivity index (χ1n) is 13.7. The van der Waals surface area contributed by atoms with Crippen molar-refractivity contribution in [1.29, 1.82) is 0 Å². The standard InChI is InChI=1S/C34H42O4/c1-21-9-7-11-23(3)17-27-25(15-13-21)31(37-5)19-29(33(27)35)30-20-32(38-6)26-16-14-22(2)10-8-12-24(4)18-28(26)34(30)36/h11-14,19-20,35-36H,7-10,15-18H2,1-6H3. The number of rotatable bonds is 3. The molecular formula is C34H42O4. The van der Waals surface area contributed by atoms with Crippen molar-refractivity contribution in [3.8, 4) is 34.1 Å². The van der Waals surface area contributed by atoms with E-state index in [4.69, 9.17) is 9.47 Å². The van der Waals surface area contributed by atoms with Gasteiger partial charge in [-0.05, 0) is 91.2 Å². The fraction of sp³-hybridized carbons (Fsp3) is 0.412. The second-order valence-corrected chi connectivity index (χ2v) is 10.9. The smallest absolute Gasteiger partial charge is 0.127 e. The molecule has 0 fully saturated rings. The normalized spacial score (nSPS) is 16.7. The minimum absolute atomic E-state index is 0.195. The number of fused-ring (bicyclic) bond motifs is 2. The summed E-state index contributed by atoms with van der Waals surface area (Å²) in [6.45, 7) is 8.55. The second-order valence-electron chi connectivity index (χ2n) is 10.9. The molecule has 0 unspecified atom stereocenters. The monoisotopic (exact) mass is 514 g/mol. The van der Waals surface area contributed by atoms with Crippen LogP contribution in [0.15, 0.2) is 58.7 Å². The Balaban J connectivity index is 1.98. The van der Waals surface area contributed by atoms with Gasteiger partial charge in [-0.3, -0.25) is 0 Å². The van der Waals surface area contributed by atoms with Gasteiger partial charge in [0.05, 0.1) is 14.2 Å². The van der Waals surface area contributed by atoms with E-state index in [1.165, 1.54) is 22.3 Å². The van der Waals surface area contributed by atoms with Gasteiger partial charge in [0.15, 0.2) is 0 Å². The topological polar surface area (TPSA) is 58.9 Å². The second kappa shape index (κ2) is 12.0. The average molecular weight is 515 g/mol. The van der Waals surface area contributed by atoms with Gasteiger partial charge in [-0.2, -0.15) is 0 Å². The molecule has 2 N–H and O–H groups in total. The minimum Gasteiger partial charge on any atom is -0.507 e. The summed E-state index contributed by atoms with van der Waals surface area (Å²) in [6.07, 6.45) is 15.7. The maximum absolute atomic E-state index is 11.8. The molecule has 2 aliphatic carbocycles. The molecule has 0 saturated heterocycles. The number of allylic oxidation sites excluding steroid dienone is 8. The number of aromatic hydroxyl groups is 2. The molecule has 2 aliphatic rings. The molecule has 0 aliphatic heterocycles. The molecule has 202 valence electrons. The van der Waals surface area contributed by atoms with E-state index in [1.807, 2.05) is 12.1 Å². The van der Waals surface area contributed by atoms with Crippen molar-refractivity contribution >= 4 is 0 Å². The molecule has 2 aromatic rings. The van der Waals surface area contributed by atoms with Crippen LogP contribution in [-0.2, 0) is 25.7 Å². The van der Waals surface area contributed by atoms with E-state index in [1.54, 1.807) is 14.2 Å². The van der Waals surface area contributed by atoms with Crippen LogP contribution in [0.4, 0.5) is 0 Å². The van der Waals surface area contributed by atoms with Gasteiger partial charge in [0.25, 0.3) is 0 Å². The first-order chi connectivity index (χ1) is 18.2. The Kier molecular flexibility index (Phi) is 8.71. The van der Waals surface area contributed by atoms with Crippen molar-refractivity contribution in [2.45, 2.75) is 79.1 Å². The lowest BCUT2D eigenvalue weighted by Crippen LogP contribution is -2.05. The fourth-order valence-electron chi connectivity index (χ4n) is 5.64. The molecule has 0 radical (unpaired) electrons. The van der Waals surface area contributed by atoms with Crippen LogP contribution in [0.3, 0.4) is 0 Å². The van der Waals surface area contributed by atoms with Gasteiger partial charge in [-0.15, -0.1) is 0 Å². The van der Waals surface area contributed by atoms with Gasteiger partial charge in [-0.1, -0.05) is 46.6 Å². The summed E-state index contributed by atoms with van der Waals surface area (Å²) in [5.41, 5.74) is 9.91. The van der Waals surface area contributed by atoms with Crippen LogP contribution in [-0.4, -0.2) is 24.4 Å². The van der Waals surface area contributed by atoms with Crippen molar-refractivity contribution < 1.29 is 19.7 Å². The molecule has 0 atom stereocenters. The summed E-state index contributed by atoms with van der Waals surface area (Å²) >= 11 is 0. The summed E-state index contributed by atoms with van der Waals surface area (Å²) in [5, 5.41) is 23.5. The Morgan fingerprint density at radius 2 is 0.947 bits per heavy atom. The van der Waals surface area contributed by atoms with Crippen molar-refractivity contribution in [2.75, 3.05) is 14.2 Å². The van der Waals surface area contributed by atoms with Crippen LogP contribution in [0.1, 0.15) is 75.6 Å². The molecule has 0 spiro atoms. The Morgan fingerprint density at radius 1 is 0.553 bits per heavy atom. The number of phenolic OH excluding ortho intramolecular Hbond substituents is 2. The van der Waals surface area contributed by atoms with Gasteiger partial charge in [0.1, 0.15) is 23.0 Å². The number of hydrogen-bond donors (Lipinski definition) is 2. The zero-order chi connectivity index (χ0) is 27.4. The van der Waals surface area contributed by atoms with E-state index >= 15 is 0 Å². The summed E-state index contributed by atoms with van der Waals surface area (Å²) in [5.74, 6) is 1.83. The Bertz CT molecular complexity index is 1230. The quantitative estimate of drug-likeness (QED) is 0.404. The number of methoxy groups -OCH3 is 2. The summed E-state index contributed by atoms with van der Waals surface area (Å²) in [6, 6.07) is 3.74. The molecule has 4 heteroatoms. The SMILES string of the molecule is COc1cc(-c2cc(OC)c3c(c2O)CC(C)=CCCC(C)=CC3)c(O)c2c1CC=C(C)CCC=C(C)C2. The fourth-order valence-corrected chi connectivity index (χ4v) is 5.64. The third kappa shape index (κ3) is 5.85. The zero-order valence-electron chi connectivity index (χ0n) is 23.8. The third-order valence-corrected chi connectivity index (χ3v) is 7.97. The zero-order valence-corrected chi connectivity index (χ0v) is 23.8. The molecule has 2 aromatic carbocycles. The molecule has 4 nitrogen and oxygen atoms in total. The van der Waals surface area contributed by atoms with E-state index in [-0.39, 0.29) is 11.5 Å². The van der Waals surface area contributed by atoms with E-state index in [0.29, 0.717) is 36.8 Å². The highest BCUT2D eigenvalue weighted by molar-refractivity contribution is 5.82.